The van der Waals surface area contributed by atoms with Crippen LogP contribution in [0.2, 0.25) is 10.0 Å². The molecule has 0 aromatic heterocycles. The molecule has 2 rings (SSSR count). The predicted octanol–water partition coefficient (Wildman–Crippen LogP) is 4.87. The molecule has 5 heteroatoms. The number of carbonyl (C=O) groups is 1. The van der Waals surface area contributed by atoms with Crippen molar-refractivity contribution in [2.45, 2.75) is 6.54 Å². The van der Waals surface area contributed by atoms with Crippen molar-refractivity contribution in [3.63, 3.8) is 0 Å². The summed E-state index contributed by atoms with van der Waals surface area (Å²) in [5, 5.41) is 0.882. The summed E-state index contributed by atoms with van der Waals surface area (Å²) in [6, 6.07) is 14.6. The van der Waals surface area contributed by atoms with Crippen molar-refractivity contribution in [2.75, 3.05) is 12.4 Å². The van der Waals surface area contributed by atoms with E-state index in [9.17, 15) is 4.79 Å². The van der Waals surface area contributed by atoms with E-state index in [0.29, 0.717) is 34.6 Å². The van der Waals surface area contributed by atoms with E-state index >= 15 is 0 Å². The number of halogens is 3. The van der Waals surface area contributed by atoms with Crippen LogP contribution in [0.5, 0.6) is 0 Å². The van der Waals surface area contributed by atoms with Crippen LogP contribution < -0.4 is 0 Å². The average Bonchev–Trinajstić information content (AvgIpc) is 2.46. The lowest BCUT2D eigenvalue weighted by Gasteiger charge is -2.22. The SMILES string of the molecule is O=C(c1cc(Cl)cc(Cl)c1)N(CCCl)Cc1ccccc1. The van der Waals surface area contributed by atoms with E-state index in [-0.39, 0.29) is 5.91 Å². The number of alkyl halides is 1. The van der Waals surface area contributed by atoms with Gasteiger partial charge in [-0.2, -0.15) is 0 Å². The Morgan fingerprint density at radius 2 is 1.62 bits per heavy atom. The van der Waals surface area contributed by atoms with Crippen LogP contribution in [0.4, 0.5) is 0 Å². The van der Waals surface area contributed by atoms with Crippen molar-refractivity contribution < 1.29 is 4.79 Å². The minimum Gasteiger partial charge on any atom is -0.333 e. The van der Waals surface area contributed by atoms with Crippen LogP contribution in [0.15, 0.2) is 48.5 Å². The van der Waals surface area contributed by atoms with E-state index in [1.807, 2.05) is 30.3 Å². The third-order valence-corrected chi connectivity index (χ3v) is 3.57. The molecule has 0 N–H and O–H groups in total. The van der Waals surface area contributed by atoms with Crippen LogP contribution >= 0.6 is 34.8 Å². The van der Waals surface area contributed by atoms with Crippen LogP contribution in [0.25, 0.3) is 0 Å². The maximum atomic E-state index is 12.6. The van der Waals surface area contributed by atoms with Crippen LogP contribution in [0.1, 0.15) is 15.9 Å². The zero-order valence-corrected chi connectivity index (χ0v) is 13.5. The highest BCUT2D eigenvalue weighted by atomic mass is 35.5. The summed E-state index contributed by atoms with van der Waals surface area (Å²) in [6.07, 6.45) is 0. The first-order valence-electron chi connectivity index (χ1n) is 6.45. The summed E-state index contributed by atoms with van der Waals surface area (Å²) in [7, 11) is 0. The van der Waals surface area contributed by atoms with E-state index in [4.69, 9.17) is 34.8 Å². The highest BCUT2D eigenvalue weighted by Crippen LogP contribution is 2.21. The van der Waals surface area contributed by atoms with Crippen molar-refractivity contribution >= 4 is 40.7 Å². The lowest BCUT2D eigenvalue weighted by Crippen LogP contribution is -2.32. The summed E-state index contributed by atoms with van der Waals surface area (Å²) in [5.74, 6) is 0.233. The smallest absolute Gasteiger partial charge is 0.254 e. The molecule has 0 bridgehead atoms. The number of nitrogens with zero attached hydrogens (tertiary/aromatic N) is 1. The zero-order chi connectivity index (χ0) is 15.2. The molecular weight excluding hydrogens is 329 g/mol. The second-order valence-electron chi connectivity index (χ2n) is 4.56. The van der Waals surface area contributed by atoms with Gasteiger partial charge in [0.1, 0.15) is 0 Å². The Morgan fingerprint density at radius 1 is 1.00 bits per heavy atom. The van der Waals surface area contributed by atoms with Crippen molar-refractivity contribution in [2.24, 2.45) is 0 Å². The molecule has 0 atom stereocenters. The summed E-state index contributed by atoms with van der Waals surface area (Å²) < 4.78 is 0. The molecule has 0 saturated carbocycles. The first-order valence-corrected chi connectivity index (χ1v) is 7.74. The summed E-state index contributed by atoms with van der Waals surface area (Å²) >= 11 is 17.7. The van der Waals surface area contributed by atoms with Gasteiger partial charge < -0.3 is 4.90 Å². The van der Waals surface area contributed by atoms with Gasteiger partial charge in [0.25, 0.3) is 5.91 Å². The van der Waals surface area contributed by atoms with E-state index in [0.717, 1.165) is 5.56 Å². The Balaban J connectivity index is 2.22. The van der Waals surface area contributed by atoms with Gasteiger partial charge in [0.15, 0.2) is 0 Å². The fraction of sp³-hybridized carbons (Fsp3) is 0.188. The van der Waals surface area contributed by atoms with Gasteiger partial charge in [0.05, 0.1) is 0 Å². The molecule has 2 nitrogen and oxygen atoms in total. The Labute approximate surface area is 139 Å². The van der Waals surface area contributed by atoms with Gasteiger partial charge in [-0.1, -0.05) is 53.5 Å². The largest absolute Gasteiger partial charge is 0.333 e. The lowest BCUT2D eigenvalue weighted by molar-refractivity contribution is 0.0754. The fourth-order valence-electron chi connectivity index (χ4n) is 2.02. The molecule has 2 aromatic rings. The van der Waals surface area contributed by atoms with Crippen LogP contribution in [0, 0.1) is 0 Å². The normalized spacial score (nSPS) is 10.4. The molecule has 0 unspecified atom stereocenters. The maximum Gasteiger partial charge on any atom is 0.254 e. The third-order valence-electron chi connectivity index (χ3n) is 2.97. The molecule has 0 spiro atoms. The minimum absolute atomic E-state index is 0.135. The number of benzene rings is 2. The van der Waals surface area contributed by atoms with E-state index < -0.39 is 0 Å². The second-order valence-corrected chi connectivity index (χ2v) is 5.81. The summed E-state index contributed by atoms with van der Waals surface area (Å²) in [4.78, 5) is 14.3. The van der Waals surface area contributed by atoms with Crippen molar-refractivity contribution in [3.05, 3.63) is 69.7 Å². The number of hydrogen-bond donors (Lipinski definition) is 0. The van der Waals surface area contributed by atoms with Crippen molar-refractivity contribution in [1.29, 1.82) is 0 Å². The molecule has 0 saturated heterocycles. The van der Waals surface area contributed by atoms with Crippen molar-refractivity contribution in [1.82, 2.24) is 4.90 Å². The van der Waals surface area contributed by atoms with Gasteiger partial charge in [-0.05, 0) is 23.8 Å². The Hall–Kier alpha value is -1.22. The molecule has 21 heavy (non-hydrogen) atoms. The molecule has 1 amide bonds. The molecule has 0 fully saturated rings. The first kappa shape index (κ1) is 16.2. The van der Waals surface area contributed by atoms with Gasteiger partial charge >= 0.3 is 0 Å². The van der Waals surface area contributed by atoms with E-state index in [2.05, 4.69) is 0 Å². The fourth-order valence-corrected chi connectivity index (χ4v) is 2.75. The monoisotopic (exact) mass is 341 g/mol. The van der Waals surface area contributed by atoms with Gasteiger partial charge in [0.2, 0.25) is 0 Å². The second kappa shape index (κ2) is 7.69. The molecule has 0 heterocycles. The summed E-state index contributed by atoms with van der Waals surface area (Å²) in [6.45, 7) is 0.954. The molecule has 0 radical (unpaired) electrons. The van der Waals surface area contributed by atoms with Gasteiger partial charge in [-0.3, -0.25) is 4.79 Å². The maximum absolute atomic E-state index is 12.6. The first-order chi connectivity index (χ1) is 10.1. The zero-order valence-electron chi connectivity index (χ0n) is 11.2. The van der Waals surface area contributed by atoms with Crippen LogP contribution in [0.3, 0.4) is 0 Å². The van der Waals surface area contributed by atoms with Crippen LogP contribution in [-0.2, 0) is 6.54 Å². The topological polar surface area (TPSA) is 20.3 Å². The van der Waals surface area contributed by atoms with Crippen LogP contribution in [-0.4, -0.2) is 23.2 Å². The van der Waals surface area contributed by atoms with E-state index in [1.165, 1.54) is 0 Å². The number of hydrogen-bond acceptors (Lipinski definition) is 1. The Morgan fingerprint density at radius 3 is 2.19 bits per heavy atom. The number of carbonyl (C=O) groups excluding carboxylic acids is 1. The number of amides is 1. The molecule has 2 aromatic carbocycles. The van der Waals surface area contributed by atoms with E-state index in [1.54, 1.807) is 23.1 Å². The molecule has 110 valence electrons. The lowest BCUT2D eigenvalue weighted by atomic mass is 10.1. The quantitative estimate of drug-likeness (QED) is 0.710. The van der Waals surface area contributed by atoms with Gasteiger partial charge in [-0.15, -0.1) is 11.6 Å². The highest BCUT2D eigenvalue weighted by Gasteiger charge is 2.16. The number of rotatable bonds is 5. The predicted molar refractivity (Wildman–Crippen MR) is 88.4 cm³/mol. The highest BCUT2D eigenvalue weighted by molar-refractivity contribution is 6.35. The molecule has 0 aliphatic heterocycles. The molecular formula is C16H14Cl3NO. The molecule has 0 aliphatic rings. The van der Waals surface area contributed by atoms with Gasteiger partial charge in [-0.25, -0.2) is 0 Å². The van der Waals surface area contributed by atoms with Gasteiger partial charge in [0, 0.05) is 34.6 Å². The summed E-state index contributed by atoms with van der Waals surface area (Å²) in [5.41, 5.74) is 1.51. The standard InChI is InChI=1S/C16H14Cl3NO/c17-6-7-20(11-12-4-2-1-3-5-12)16(21)13-8-14(18)10-15(19)9-13/h1-5,8-10H,6-7,11H2. The Bertz CT molecular complexity index is 596. The molecule has 0 aliphatic carbocycles. The van der Waals surface area contributed by atoms with Crippen molar-refractivity contribution in [3.8, 4) is 0 Å². The third kappa shape index (κ3) is 4.63. The minimum atomic E-state index is -0.135. The average molecular weight is 343 g/mol. The Kier molecular flexibility index (Phi) is 5.92.